The second kappa shape index (κ2) is 5.76. The van der Waals surface area contributed by atoms with Gasteiger partial charge in [-0.3, -0.25) is 0 Å². The van der Waals surface area contributed by atoms with E-state index in [1.807, 2.05) is 11.3 Å². The summed E-state index contributed by atoms with van der Waals surface area (Å²) in [5.41, 5.74) is 2.73. The van der Waals surface area contributed by atoms with E-state index in [1.54, 1.807) is 0 Å². The molecule has 19 heavy (non-hydrogen) atoms. The Bertz CT molecular complexity index is 536. The Morgan fingerprint density at radius 2 is 2.32 bits per heavy atom. The van der Waals surface area contributed by atoms with E-state index in [9.17, 15) is 0 Å². The van der Waals surface area contributed by atoms with Crippen LogP contribution in [0.5, 0.6) is 5.75 Å². The fraction of sp³-hybridized carbons (Fsp3) is 0.375. The highest BCUT2D eigenvalue weighted by Crippen LogP contribution is 2.29. The minimum absolute atomic E-state index is 0.424. The van der Waals surface area contributed by atoms with E-state index in [-0.39, 0.29) is 0 Å². The van der Waals surface area contributed by atoms with Crippen LogP contribution in [0.3, 0.4) is 0 Å². The molecule has 0 spiro atoms. The third-order valence-electron chi connectivity index (χ3n) is 3.63. The number of ether oxygens (including phenoxy) is 1. The van der Waals surface area contributed by atoms with Crippen LogP contribution in [0, 0.1) is 0 Å². The van der Waals surface area contributed by atoms with E-state index in [4.69, 9.17) is 4.74 Å². The molecule has 2 nitrogen and oxygen atoms in total. The van der Waals surface area contributed by atoms with E-state index in [0.717, 1.165) is 31.7 Å². The molecule has 0 saturated heterocycles. The van der Waals surface area contributed by atoms with E-state index in [2.05, 4.69) is 48.0 Å². The molecule has 1 aliphatic heterocycles. The third-order valence-corrected chi connectivity index (χ3v) is 4.50. The normalized spacial score (nSPS) is 15.0. The first-order chi connectivity index (χ1) is 9.36. The Balaban J connectivity index is 1.71. The summed E-state index contributed by atoms with van der Waals surface area (Å²) in [7, 11) is 0. The zero-order chi connectivity index (χ0) is 13.1. The molecule has 1 aromatic heterocycles. The number of benzene rings is 1. The van der Waals surface area contributed by atoms with Gasteiger partial charge in [-0.1, -0.05) is 25.1 Å². The van der Waals surface area contributed by atoms with Gasteiger partial charge in [-0.2, -0.15) is 0 Å². The number of thiophene rings is 1. The Hall–Kier alpha value is -1.32. The smallest absolute Gasteiger partial charge is 0.122 e. The molecule has 3 heteroatoms. The highest BCUT2D eigenvalue weighted by molar-refractivity contribution is 7.09. The van der Waals surface area contributed by atoms with E-state index >= 15 is 0 Å². The lowest BCUT2D eigenvalue weighted by Crippen LogP contribution is -2.19. The fourth-order valence-electron chi connectivity index (χ4n) is 2.56. The van der Waals surface area contributed by atoms with Gasteiger partial charge in [-0.25, -0.2) is 0 Å². The highest BCUT2D eigenvalue weighted by atomic mass is 32.1. The number of rotatable bonds is 5. The first-order valence-corrected chi connectivity index (χ1v) is 7.76. The van der Waals surface area contributed by atoms with Crippen molar-refractivity contribution in [1.82, 2.24) is 5.32 Å². The van der Waals surface area contributed by atoms with Crippen LogP contribution in [-0.2, 0) is 13.0 Å². The highest BCUT2D eigenvalue weighted by Gasteiger charge is 2.15. The average molecular weight is 273 g/mol. The van der Waals surface area contributed by atoms with Crippen molar-refractivity contribution in [3.63, 3.8) is 0 Å². The predicted octanol–water partition coefficient (Wildman–Crippen LogP) is 3.92. The molecule has 2 heterocycles. The molecular weight excluding hydrogens is 254 g/mol. The summed E-state index contributed by atoms with van der Waals surface area (Å²) in [5.74, 6) is 1.07. The van der Waals surface area contributed by atoms with Crippen molar-refractivity contribution >= 4 is 11.3 Å². The molecule has 0 radical (unpaired) electrons. The molecule has 0 aliphatic carbocycles. The van der Waals surface area contributed by atoms with Gasteiger partial charge in [-0.05, 0) is 35.1 Å². The van der Waals surface area contributed by atoms with Crippen molar-refractivity contribution in [1.29, 1.82) is 0 Å². The van der Waals surface area contributed by atoms with Gasteiger partial charge in [0.2, 0.25) is 0 Å². The van der Waals surface area contributed by atoms with Crippen molar-refractivity contribution in [3.8, 4) is 5.75 Å². The number of nitrogens with one attached hydrogen (secondary N) is 1. The molecule has 0 bridgehead atoms. The van der Waals surface area contributed by atoms with E-state index in [0.29, 0.717) is 6.04 Å². The zero-order valence-electron chi connectivity index (χ0n) is 11.2. The van der Waals surface area contributed by atoms with Crippen LogP contribution in [0.1, 0.15) is 35.4 Å². The number of fused-ring (bicyclic) bond motifs is 1. The molecule has 1 unspecified atom stereocenters. The molecule has 3 rings (SSSR count). The lowest BCUT2D eigenvalue weighted by atomic mass is 10.0. The lowest BCUT2D eigenvalue weighted by molar-refractivity contribution is 0.356. The van der Waals surface area contributed by atoms with E-state index in [1.165, 1.54) is 16.0 Å². The van der Waals surface area contributed by atoms with Crippen molar-refractivity contribution in [2.45, 2.75) is 32.4 Å². The van der Waals surface area contributed by atoms with Crippen LogP contribution in [0.25, 0.3) is 0 Å². The topological polar surface area (TPSA) is 21.3 Å². The van der Waals surface area contributed by atoms with Gasteiger partial charge in [-0.15, -0.1) is 11.3 Å². The number of hydrogen-bond donors (Lipinski definition) is 1. The van der Waals surface area contributed by atoms with Gasteiger partial charge in [0.15, 0.2) is 0 Å². The maximum Gasteiger partial charge on any atom is 0.122 e. The van der Waals surface area contributed by atoms with Gasteiger partial charge in [0.25, 0.3) is 0 Å². The molecular formula is C16H19NOS. The van der Waals surface area contributed by atoms with Crippen LogP contribution < -0.4 is 10.1 Å². The summed E-state index contributed by atoms with van der Waals surface area (Å²) in [6.07, 6.45) is 2.15. The third kappa shape index (κ3) is 2.82. The quantitative estimate of drug-likeness (QED) is 0.891. The molecule has 0 fully saturated rings. The van der Waals surface area contributed by atoms with Crippen molar-refractivity contribution < 1.29 is 4.74 Å². The molecule has 0 saturated carbocycles. The summed E-state index contributed by atoms with van der Waals surface area (Å²) < 4.78 is 5.57. The SMILES string of the molecule is CCC(NCc1cccs1)c1ccc2c(c1)CCO2. The Morgan fingerprint density at radius 1 is 1.37 bits per heavy atom. The Kier molecular flexibility index (Phi) is 3.85. The van der Waals surface area contributed by atoms with Gasteiger partial charge >= 0.3 is 0 Å². The first kappa shape index (κ1) is 12.7. The van der Waals surface area contributed by atoms with E-state index < -0.39 is 0 Å². The van der Waals surface area contributed by atoms with Crippen molar-refractivity contribution in [2.24, 2.45) is 0 Å². The molecule has 0 amide bonds. The summed E-state index contributed by atoms with van der Waals surface area (Å²) in [6.45, 7) is 4.01. The molecule has 100 valence electrons. The minimum Gasteiger partial charge on any atom is -0.493 e. The summed E-state index contributed by atoms with van der Waals surface area (Å²) in [4.78, 5) is 1.39. The van der Waals surface area contributed by atoms with Crippen LogP contribution in [0.4, 0.5) is 0 Å². The molecule has 2 aromatic rings. The van der Waals surface area contributed by atoms with Crippen LogP contribution in [0.15, 0.2) is 35.7 Å². The van der Waals surface area contributed by atoms with Crippen molar-refractivity contribution in [3.05, 3.63) is 51.7 Å². The Labute approximate surface area is 118 Å². The standard InChI is InChI=1S/C16H19NOS/c1-2-15(17-11-14-4-3-9-19-14)12-5-6-16-13(10-12)7-8-18-16/h3-6,9-10,15,17H,2,7-8,11H2,1H3. The fourth-order valence-corrected chi connectivity index (χ4v) is 3.21. The molecule has 1 N–H and O–H groups in total. The van der Waals surface area contributed by atoms with Gasteiger partial charge in [0, 0.05) is 23.9 Å². The number of hydrogen-bond acceptors (Lipinski definition) is 3. The second-order valence-corrected chi connectivity index (χ2v) is 5.92. The van der Waals surface area contributed by atoms with Gasteiger partial charge in [0.05, 0.1) is 6.61 Å². The average Bonchev–Trinajstić information content (AvgIpc) is 3.09. The molecule has 1 atom stereocenters. The zero-order valence-corrected chi connectivity index (χ0v) is 12.0. The predicted molar refractivity (Wildman–Crippen MR) is 79.8 cm³/mol. The maximum atomic E-state index is 5.57. The summed E-state index contributed by atoms with van der Waals surface area (Å²) in [5, 5.41) is 5.78. The second-order valence-electron chi connectivity index (χ2n) is 4.89. The monoisotopic (exact) mass is 273 g/mol. The van der Waals surface area contributed by atoms with Gasteiger partial charge < -0.3 is 10.1 Å². The van der Waals surface area contributed by atoms with Gasteiger partial charge in [0.1, 0.15) is 5.75 Å². The van der Waals surface area contributed by atoms with Crippen LogP contribution >= 0.6 is 11.3 Å². The van der Waals surface area contributed by atoms with Crippen molar-refractivity contribution in [2.75, 3.05) is 6.61 Å². The maximum absolute atomic E-state index is 5.57. The molecule has 1 aliphatic rings. The summed E-state index contributed by atoms with van der Waals surface area (Å²) >= 11 is 1.81. The summed E-state index contributed by atoms with van der Waals surface area (Å²) in [6, 6.07) is 11.3. The molecule has 1 aromatic carbocycles. The lowest BCUT2D eigenvalue weighted by Gasteiger charge is -2.17. The van der Waals surface area contributed by atoms with Crippen LogP contribution in [-0.4, -0.2) is 6.61 Å². The first-order valence-electron chi connectivity index (χ1n) is 6.88. The largest absolute Gasteiger partial charge is 0.493 e. The minimum atomic E-state index is 0.424. The van der Waals surface area contributed by atoms with Crippen LogP contribution in [0.2, 0.25) is 0 Å². The Morgan fingerprint density at radius 3 is 3.11 bits per heavy atom.